The largest absolute Gasteiger partial charge is 0.210 e. The summed E-state index contributed by atoms with van der Waals surface area (Å²) in [6, 6.07) is 19.6. The lowest BCUT2D eigenvalue weighted by atomic mass is 9.96. The van der Waals surface area contributed by atoms with E-state index in [1.165, 1.54) is 54.3 Å². The Hall–Kier alpha value is -2.15. The Morgan fingerprint density at radius 2 is 1.42 bits per heavy atom. The van der Waals surface area contributed by atoms with Crippen LogP contribution in [0.25, 0.3) is 16.5 Å². The van der Waals surface area contributed by atoms with Crippen LogP contribution in [-0.4, -0.2) is 0 Å². The van der Waals surface area contributed by atoms with Gasteiger partial charge < -0.3 is 0 Å². The molecule has 24 heavy (non-hydrogen) atoms. The van der Waals surface area contributed by atoms with Gasteiger partial charge in [0.2, 0.25) is 5.69 Å². The van der Waals surface area contributed by atoms with Crippen LogP contribution in [0.1, 0.15) is 50.8 Å². The quantitative estimate of drug-likeness (QED) is 0.485. The van der Waals surface area contributed by atoms with Crippen LogP contribution in [0.5, 0.6) is 0 Å². The second kappa shape index (κ2) is 8.10. The number of hydrogen-bond donors (Lipinski definition) is 0. The fraction of sp³-hybridized carbons (Fsp3) is 0.348. The van der Waals surface area contributed by atoms with Crippen molar-refractivity contribution >= 4 is 10.8 Å². The summed E-state index contributed by atoms with van der Waals surface area (Å²) in [5.41, 5.74) is 4.31. The first-order valence-corrected chi connectivity index (χ1v) is 9.35. The van der Waals surface area contributed by atoms with E-state index in [9.17, 15) is 0 Å². The van der Waals surface area contributed by atoms with Gasteiger partial charge in [-0.2, -0.15) is 4.57 Å². The van der Waals surface area contributed by atoms with Crippen LogP contribution < -0.4 is 4.57 Å². The number of para-hydroxylation sites is 1. The number of unbranched alkanes of at least 4 members (excludes halogenated alkanes) is 2. The van der Waals surface area contributed by atoms with Gasteiger partial charge in [-0.25, -0.2) is 0 Å². The highest BCUT2D eigenvalue weighted by molar-refractivity contribution is 5.84. The third kappa shape index (κ3) is 3.51. The Morgan fingerprint density at radius 3 is 2.17 bits per heavy atom. The lowest BCUT2D eigenvalue weighted by Crippen LogP contribution is -2.37. The molecule has 2 aromatic carbocycles. The molecule has 3 aromatic rings. The van der Waals surface area contributed by atoms with Gasteiger partial charge in [-0.05, 0) is 30.7 Å². The first-order chi connectivity index (χ1) is 11.8. The number of pyridine rings is 1. The summed E-state index contributed by atoms with van der Waals surface area (Å²) < 4.78 is 2.43. The second-order valence-electron chi connectivity index (χ2n) is 6.55. The van der Waals surface area contributed by atoms with Crippen molar-refractivity contribution in [3.63, 3.8) is 0 Å². The lowest BCUT2D eigenvalue weighted by molar-refractivity contribution is -0.603. The highest BCUT2D eigenvalue weighted by atomic mass is 15.0. The van der Waals surface area contributed by atoms with Crippen LogP contribution >= 0.6 is 0 Å². The fourth-order valence-corrected chi connectivity index (χ4v) is 3.47. The summed E-state index contributed by atoms with van der Waals surface area (Å²) in [5, 5.41) is 2.77. The zero-order valence-corrected chi connectivity index (χ0v) is 15.0. The number of aromatic nitrogens is 1. The van der Waals surface area contributed by atoms with E-state index in [2.05, 4.69) is 79.2 Å². The summed E-state index contributed by atoms with van der Waals surface area (Å²) >= 11 is 0. The standard InChI is InChI=1S/C23H28N/c1-3-5-15-22-21-16-11-10-12-19(21)18-24(23(22)17-6-4-2)20-13-8-7-9-14-20/h7-14,16,18H,3-6,15,17H2,1-2H3/q+1. The summed E-state index contributed by atoms with van der Waals surface area (Å²) in [7, 11) is 0. The van der Waals surface area contributed by atoms with Crippen molar-refractivity contribution in [2.24, 2.45) is 0 Å². The fourth-order valence-electron chi connectivity index (χ4n) is 3.47. The average Bonchev–Trinajstić information content (AvgIpc) is 2.65. The molecule has 0 aliphatic carbocycles. The van der Waals surface area contributed by atoms with Crippen LogP contribution in [0.15, 0.2) is 60.8 Å². The predicted molar refractivity (Wildman–Crippen MR) is 103 cm³/mol. The molecule has 1 nitrogen and oxygen atoms in total. The first-order valence-electron chi connectivity index (χ1n) is 9.35. The average molecular weight is 318 g/mol. The van der Waals surface area contributed by atoms with E-state index in [-0.39, 0.29) is 0 Å². The molecular formula is C23H28N+. The van der Waals surface area contributed by atoms with Crippen molar-refractivity contribution in [3.05, 3.63) is 72.1 Å². The van der Waals surface area contributed by atoms with E-state index in [0.29, 0.717) is 0 Å². The summed E-state index contributed by atoms with van der Waals surface area (Å²) in [5.74, 6) is 0. The van der Waals surface area contributed by atoms with Crippen molar-refractivity contribution in [2.75, 3.05) is 0 Å². The van der Waals surface area contributed by atoms with Crippen LogP contribution in [0.2, 0.25) is 0 Å². The summed E-state index contributed by atoms with van der Waals surface area (Å²) in [6.07, 6.45) is 9.60. The predicted octanol–water partition coefficient (Wildman–Crippen LogP) is 5.80. The number of rotatable bonds is 7. The molecule has 124 valence electrons. The molecule has 0 atom stereocenters. The van der Waals surface area contributed by atoms with Crippen molar-refractivity contribution in [3.8, 4) is 5.69 Å². The Kier molecular flexibility index (Phi) is 5.63. The van der Waals surface area contributed by atoms with E-state index in [1.807, 2.05) is 0 Å². The molecule has 0 N–H and O–H groups in total. The maximum absolute atomic E-state index is 2.43. The summed E-state index contributed by atoms with van der Waals surface area (Å²) in [4.78, 5) is 0. The molecule has 1 heteroatoms. The normalized spacial score (nSPS) is 11.1. The number of fused-ring (bicyclic) bond motifs is 1. The highest BCUT2D eigenvalue weighted by Crippen LogP contribution is 2.24. The lowest BCUT2D eigenvalue weighted by Gasteiger charge is -2.12. The number of hydrogen-bond acceptors (Lipinski definition) is 0. The van der Waals surface area contributed by atoms with Gasteiger partial charge in [0.1, 0.15) is 0 Å². The molecule has 0 aliphatic heterocycles. The van der Waals surface area contributed by atoms with Crippen LogP contribution in [0.3, 0.4) is 0 Å². The van der Waals surface area contributed by atoms with Crippen LogP contribution in [0.4, 0.5) is 0 Å². The first kappa shape index (κ1) is 16.7. The maximum Gasteiger partial charge on any atom is 0.210 e. The number of nitrogens with zero attached hydrogens (tertiary/aromatic N) is 1. The number of aryl methyl sites for hydroxylation is 1. The molecule has 3 rings (SSSR count). The molecular weight excluding hydrogens is 290 g/mol. The highest BCUT2D eigenvalue weighted by Gasteiger charge is 2.21. The zero-order valence-electron chi connectivity index (χ0n) is 15.0. The Labute approximate surface area is 146 Å². The van der Waals surface area contributed by atoms with Crippen LogP contribution in [0, 0.1) is 0 Å². The third-order valence-corrected chi connectivity index (χ3v) is 4.78. The topological polar surface area (TPSA) is 3.88 Å². The third-order valence-electron chi connectivity index (χ3n) is 4.78. The minimum atomic E-state index is 1.15. The minimum absolute atomic E-state index is 1.15. The molecule has 1 heterocycles. The van der Waals surface area contributed by atoms with Gasteiger partial charge in [-0.15, -0.1) is 0 Å². The SMILES string of the molecule is CCCCc1c(CCCC)[n+](-c2ccccc2)cc2ccccc12. The van der Waals surface area contributed by atoms with Crippen molar-refractivity contribution in [2.45, 2.75) is 52.4 Å². The molecule has 0 bridgehead atoms. The Bertz CT molecular complexity index is 790. The molecule has 0 unspecified atom stereocenters. The molecule has 0 saturated carbocycles. The van der Waals surface area contributed by atoms with Gasteiger partial charge in [-0.3, -0.25) is 0 Å². The van der Waals surface area contributed by atoms with Crippen molar-refractivity contribution < 1.29 is 4.57 Å². The molecule has 0 saturated heterocycles. The summed E-state index contributed by atoms with van der Waals surface area (Å²) in [6.45, 7) is 4.56. The minimum Gasteiger partial charge on any atom is -0.164 e. The van der Waals surface area contributed by atoms with Crippen molar-refractivity contribution in [1.82, 2.24) is 0 Å². The van der Waals surface area contributed by atoms with E-state index in [4.69, 9.17) is 0 Å². The molecule has 0 amide bonds. The number of benzene rings is 2. The second-order valence-corrected chi connectivity index (χ2v) is 6.55. The van der Waals surface area contributed by atoms with E-state index < -0.39 is 0 Å². The zero-order chi connectivity index (χ0) is 16.8. The Balaban J connectivity index is 2.24. The monoisotopic (exact) mass is 318 g/mol. The van der Waals surface area contributed by atoms with Gasteiger partial charge in [0, 0.05) is 29.5 Å². The molecule has 0 fully saturated rings. The van der Waals surface area contributed by atoms with Gasteiger partial charge in [0.25, 0.3) is 0 Å². The van der Waals surface area contributed by atoms with Gasteiger partial charge in [0.15, 0.2) is 11.9 Å². The maximum atomic E-state index is 2.43. The van der Waals surface area contributed by atoms with Crippen molar-refractivity contribution in [1.29, 1.82) is 0 Å². The van der Waals surface area contributed by atoms with E-state index in [0.717, 1.165) is 6.42 Å². The molecule has 0 aliphatic rings. The van der Waals surface area contributed by atoms with E-state index >= 15 is 0 Å². The van der Waals surface area contributed by atoms with Crippen LogP contribution in [-0.2, 0) is 12.8 Å². The molecule has 0 radical (unpaired) electrons. The molecule has 1 aromatic heterocycles. The van der Waals surface area contributed by atoms with Gasteiger partial charge >= 0.3 is 0 Å². The smallest absolute Gasteiger partial charge is 0.164 e. The van der Waals surface area contributed by atoms with Gasteiger partial charge in [-0.1, -0.05) is 63.1 Å². The van der Waals surface area contributed by atoms with Gasteiger partial charge in [0.05, 0.1) is 0 Å². The molecule has 0 spiro atoms. The van der Waals surface area contributed by atoms with E-state index in [1.54, 1.807) is 5.56 Å². The Morgan fingerprint density at radius 1 is 0.750 bits per heavy atom.